The summed E-state index contributed by atoms with van der Waals surface area (Å²) in [6.07, 6.45) is 22.2. The zero-order valence-corrected chi connectivity index (χ0v) is 30.2. The Labute approximate surface area is 295 Å². The van der Waals surface area contributed by atoms with Gasteiger partial charge in [0.05, 0.1) is 36.5 Å². The highest BCUT2D eigenvalue weighted by Crippen LogP contribution is 2.69. The average molecular weight is 662 g/mol. The third kappa shape index (κ3) is 4.01. The Morgan fingerprint density at radius 1 is 0.633 bits per heavy atom. The van der Waals surface area contributed by atoms with Crippen molar-refractivity contribution < 1.29 is 9.47 Å². The molecule has 4 saturated heterocycles. The zero-order chi connectivity index (χ0) is 32.1. The van der Waals surface area contributed by atoms with Gasteiger partial charge in [-0.25, -0.2) is 4.99 Å². The molecule has 5 heterocycles. The number of guanidine groups is 1. The molecule has 5 nitrogen and oxygen atoms in total. The summed E-state index contributed by atoms with van der Waals surface area (Å²) in [5, 5.41) is 0. The van der Waals surface area contributed by atoms with Gasteiger partial charge in [-0.15, -0.1) is 0 Å². The third-order valence-electron chi connectivity index (χ3n) is 17.8. The number of nitrogens with zero attached hydrogens (tertiary/aromatic N) is 3. The molecular formula is C43H60BN3O2. The monoisotopic (exact) mass is 661 g/mol. The second kappa shape index (κ2) is 11.0. The van der Waals surface area contributed by atoms with Gasteiger partial charge in [0, 0.05) is 24.0 Å². The molecule has 19 atom stereocenters. The second-order valence-electron chi connectivity index (χ2n) is 19.7. The Bertz CT molecular complexity index is 1490. The van der Waals surface area contributed by atoms with Crippen molar-refractivity contribution in [1.29, 1.82) is 0 Å². The second-order valence-corrected chi connectivity index (χ2v) is 19.7. The van der Waals surface area contributed by atoms with E-state index in [-0.39, 0.29) is 0 Å². The van der Waals surface area contributed by atoms with E-state index in [4.69, 9.17) is 14.5 Å². The lowest BCUT2D eigenvalue weighted by atomic mass is 9.21. The summed E-state index contributed by atoms with van der Waals surface area (Å²) in [6, 6.07) is 14.9. The lowest BCUT2D eigenvalue weighted by molar-refractivity contribution is -0.153. The van der Waals surface area contributed by atoms with Gasteiger partial charge in [-0.1, -0.05) is 88.2 Å². The fourth-order valence-electron chi connectivity index (χ4n) is 16.7. The first-order valence-electron chi connectivity index (χ1n) is 21.7. The van der Waals surface area contributed by atoms with Crippen molar-refractivity contribution in [1.82, 2.24) is 9.80 Å². The molecule has 0 aromatic heterocycles. The highest BCUT2D eigenvalue weighted by molar-refractivity contribution is 6.76. The topological polar surface area (TPSA) is 37.3 Å². The molecule has 262 valence electrons. The predicted octanol–water partition coefficient (Wildman–Crippen LogP) is 7.41. The number of benzene rings is 1. The first-order valence-corrected chi connectivity index (χ1v) is 21.7. The van der Waals surface area contributed by atoms with Crippen LogP contribution >= 0.6 is 0 Å². The van der Waals surface area contributed by atoms with Crippen molar-refractivity contribution >= 4 is 18.1 Å². The maximum atomic E-state index is 7.75. The molecule has 10 fully saturated rings. The molecule has 6 heteroatoms. The molecule has 0 bridgehead atoms. The Kier molecular flexibility index (Phi) is 6.73. The zero-order valence-electron chi connectivity index (χ0n) is 30.2. The van der Waals surface area contributed by atoms with E-state index in [1.807, 2.05) is 0 Å². The maximum Gasteiger partial charge on any atom is 0.198 e. The standard InChI is InChI=1S/C43H60BN3O2/c1-23-20-24(2)39-31(21-23)47-41-37-30(46-29-17-9-8-16-28(29)45-43(46)47)22-34-35(26-14-6-10-18-32(26)48-34)38(37)36-27-15-7-11-19-33(27)49-42(36)40(41)44(39)25-12-4-3-5-13-25/h3-5,12-13,23-24,26-42H,6-11,14-22H2,1-2H3. The van der Waals surface area contributed by atoms with E-state index in [9.17, 15) is 0 Å². The molecule has 19 unspecified atom stereocenters. The quantitative estimate of drug-likeness (QED) is 0.294. The van der Waals surface area contributed by atoms with Gasteiger partial charge in [0.1, 0.15) is 0 Å². The molecule has 49 heavy (non-hydrogen) atoms. The molecule has 0 N–H and O–H groups in total. The molecule has 6 aliphatic carbocycles. The Hall–Kier alpha value is -1.53. The van der Waals surface area contributed by atoms with Gasteiger partial charge < -0.3 is 19.3 Å². The van der Waals surface area contributed by atoms with Crippen LogP contribution < -0.4 is 5.46 Å². The minimum Gasteiger partial charge on any atom is -0.375 e. The molecule has 5 aliphatic heterocycles. The smallest absolute Gasteiger partial charge is 0.198 e. The lowest BCUT2D eigenvalue weighted by Gasteiger charge is -2.71. The van der Waals surface area contributed by atoms with Crippen LogP contribution in [-0.4, -0.2) is 77.1 Å². The number of rotatable bonds is 1. The molecular weight excluding hydrogens is 601 g/mol. The first-order chi connectivity index (χ1) is 24.2. The number of hydrogen-bond donors (Lipinski definition) is 0. The highest BCUT2D eigenvalue weighted by atomic mass is 16.5. The van der Waals surface area contributed by atoms with Gasteiger partial charge in [0.15, 0.2) is 12.7 Å². The third-order valence-corrected chi connectivity index (χ3v) is 17.8. The van der Waals surface area contributed by atoms with Crippen LogP contribution in [0.5, 0.6) is 0 Å². The number of fused-ring (bicyclic) bond motifs is 16. The van der Waals surface area contributed by atoms with Gasteiger partial charge in [-0.2, -0.15) is 0 Å². The summed E-state index contributed by atoms with van der Waals surface area (Å²) in [5.74, 6) is 8.66. The van der Waals surface area contributed by atoms with E-state index in [1.54, 1.807) is 5.46 Å². The van der Waals surface area contributed by atoms with Crippen molar-refractivity contribution in [3.05, 3.63) is 30.3 Å². The summed E-state index contributed by atoms with van der Waals surface area (Å²) >= 11 is 0. The Morgan fingerprint density at radius 2 is 1.37 bits per heavy atom. The predicted molar refractivity (Wildman–Crippen MR) is 195 cm³/mol. The minimum atomic E-state index is 0.387. The van der Waals surface area contributed by atoms with E-state index >= 15 is 0 Å². The van der Waals surface area contributed by atoms with Crippen molar-refractivity contribution in [3.63, 3.8) is 0 Å². The van der Waals surface area contributed by atoms with E-state index in [0.717, 1.165) is 41.4 Å². The van der Waals surface area contributed by atoms with Crippen LogP contribution in [0.1, 0.15) is 110 Å². The van der Waals surface area contributed by atoms with Crippen LogP contribution in [0.15, 0.2) is 35.3 Å². The van der Waals surface area contributed by atoms with Crippen LogP contribution in [0.3, 0.4) is 0 Å². The largest absolute Gasteiger partial charge is 0.375 e. The molecule has 0 spiro atoms. The Morgan fingerprint density at radius 3 is 2.20 bits per heavy atom. The first kappa shape index (κ1) is 30.0. The van der Waals surface area contributed by atoms with Gasteiger partial charge in [-0.05, 0) is 111 Å². The minimum absolute atomic E-state index is 0.387. The van der Waals surface area contributed by atoms with E-state index in [0.29, 0.717) is 78.9 Å². The SMILES string of the molecule is CC1CC(C)C2B(c3ccccc3)C3C4OC5CCCCC5C4C4C5C(CC6C4C3N(C3=NC4CCCCC4N36)C2C1)OC1CCCCC15. The maximum absolute atomic E-state index is 7.75. The van der Waals surface area contributed by atoms with Gasteiger partial charge >= 0.3 is 0 Å². The number of aliphatic imine (C=N–C) groups is 1. The summed E-state index contributed by atoms with van der Waals surface area (Å²) < 4.78 is 15.1. The van der Waals surface area contributed by atoms with Crippen LogP contribution in [-0.2, 0) is 9.47 Å². The number of ether oxygens (including phenoxy) is 2. The van der Waals surface area contributed by atoms with E-state index < -0.39 is 0 Å². The summed E-state index contributed by atoms with van der Waals surface area (Å²) in [5.41, 5.74) is 1.63. The van der Waals surface area contributed by atoms with Crippen molar-refractivity contribution in [2.75, 3.05) is 0 Å². The summed E-state index contributed by atoms with van der Waals surface area (Å²) in [4.78, 5) is 12.2. The van der Waals surface area contributed by atoms with Crippen molar-refractivity contribution in [2.45, 2.75) is 176 Å². The lowest BCUT2D eigenvalue weighted by Crippen LogP contribution is -2.80. The van der Waals surface area contributed by atoms with E-state index in [2.05, 4.69) is 54.0 Å². The van der Waals surface area contributed by atoms with Crippen LogP contribution in [0, 0.1) is 47.3 Å². The molecule has 12 rings (SSSR count). The molecule has 0 radical (unpaired) electrons. The highest BCUT2D eigenvalue weighted by Gasteiger charge is 2.75. The summed E-state index contributed by atoms with van der Waals surface area (Å²) in [7, 11) is 0. The average Bonchev–Trinajstić information content (AvgIpc) is 3.82. The molecule has 11 aliphatic rings. The number of hydrogen-bond acceptors (Lipinski definition) is 5. The van der Waals surface area contributed by atoms with Gasteiger partial charge in [0.2, 0.25) is 0 Å². The normalized spacial score (nSPS) is 54.8. The van der Waals surface area contributed by atoms with Gasteiger partial charge in [-0.3, -0.25) is 0 Å². The van der Waals surface area contributed by atoms with Crippen LogP contribution in [0.2, 0.25) is 11.6 Å². The van der Waals surface area contributed by atoms with Gasteiger partial charge in [0.25, 0.3) is 0 Å². The summed E-state index contributed by atoms with van der Waals surface area (Å²) in [6.45, 7) is 5.80. The molecule has 1 aromatic carbocycles. The van der Waals surface area contributed by atoms with Crippen molar-refractivity contribution in [3.8, 4) is 0 Å². The van der Waals surface area contributed by atoms with Crippen LogP contribution in [0.25, 0.3) is 0 Å². The molecule has 1 aromatic rings. The molecule has 0 amide bonds. The Balaban J connectivity index is 1.10. The molecule has 6 saturated carbocycles. The van der Waals surface area contributed by atoms with Crippen LogP contribution in [0.4, 0.5) is 0 Å². The fraction of sp³-hybridized carbons (Fsp3) is 0.837. The fourth-order valence-corrected chi connectivity index (χ4v) is 16.7. The van der Waals surface area contributed by atoms with Crippen molar-refractivity contribution in [2.24, 2.45) is 52.3 Å². The van der Waals surface area contributed by atoms with E-state index in [1.165, 1.54) is 102 Å².